The van der Waals surface area contributed by atoms with Crippen molar-refractivity contribution in [1.29, 1.82) is 0 Å². The molecule has 0 amide bonds. The topological polar surface area (TPSA) is 43.4 Å². The van der Waals surface area contributed by atoms with Crippen LogP contribution >= 0.6 is 22.6 Å². The van der Waals surface area contributed by atoms with Crippen molar-refractivity contribution in [2.45, 2.75) is 6.61 Å². The van der Waals surface area contributed by atoms with Gasteiger partial charge in [-0.25, -0.2) is 4.79 Å². The Morgan fingerprint density at radius 1 is 0.645 bits per heavy atom. The van der Waals surface area contributed by atoms with Crippen molar-refractivity contribution in [3.8, 4) is 11.1 Å². The summed E-state index contributed by atoms with van der Waals surface area (Å²) in [7, 11) is 0. The molecule has 0 heterocycles. The van der Waals surface area contributed by atoms with Crippen LogP contribution in [0.25, 0.3) is 11.1 Å². The van der Waals surface area contributed by atoms with Crippen molar-refractivity contribution in [1.82, 2.24) is 0 Å². The third-order valence-electron chi connectivity index (χ3n) is 4.93. The SMILES string of the molecule is O=C(OCc1ccc(I)cc1)c1ccccc1C(=O)c1ccc(-c2ccccc2)cc1. The summed E-state index contributed by atoms with van der Waals surface area (Å²) in [5, 5.41) is 0. The normalized spacial score (nSPS) is 10.5. The quantitative estimate of drug-likeness (QED) is 0.165. The van der Waals surface area contributed by atoms with E-state index in [1.807, 2.05) is 66.7 Å². The van der Waals surface area contributed by atoms with Crippen LogP contribution in [-0.4, -0.2) is 11.8 Å². The van der Waals surface area contributed by atoms with Gasteiger partial charge in [-0.05, 0) is 57.5 Å². The summed E-state index contributed by atoms with van der Waals surface area (Å²) in [6.07, 6.45) is 0. The van der Waals surface area contributed by atoms with E-state index in [1.165, 1.54) is 0 Å². The third kappa shape index (κ3) is 5.09. The zero-order valence-corrected chi connectivity index (χ0v) is 18.8. The Kier molecular flexibility index (Phi) is 6.57. The molecular formula is C27H19IO3. The van der Waals surface area contributed by atoms with E-state index in [1.54, 1.807) is 36.4 Å². The van der Waals surface area contributed by atoms with Crippen LogP contribution in [0.1, 0.15) is 31.8 Å². The summed E-state index contributed by atoms with van der Waals surface area (Å²) in [6.45, 7) is 0.157. The average molecular weight is 518 g/mol. The molecule has 0 spiro atoms. The number of halogens is 1. The maximum Gasteiger partial charge on any atom is 0.339 e. The summed E-state index contributed by atoms with van der Waals surface area (Å²) in [5.41, 5.74) is 4.14. The van der Waals surface area contributed by atoms with Gasteiger partial charge in [0.2, 0.25) is 0 Å². The van der Waals surface area contributed by atoms with Gasteiger partial charge >= 0.3 is 5.97 Å². The molecule has 0 saturated carbocycles. The van der Waals surface area contributed by atoms with E-state index in [2.05, 4.69) is 22.6 Å². The molecular weight excluding hydrogens is 499 g/mol. The fraction of sp³-hybridized carbons (Fsp3) is 0.0370. The Hall–Kier alpha value is -3.25. The van der Waals surface area contributed by atoms with Gasteiger partial charge in [-0.15, -0.1) is 0 Å². The molecule has 0 radical (unpaired) electrons. The number of carbonyl (C=O) groups excluding carboxylic acids is 2. The minimum Gasteiger partial charge on any atom is -0.457 e. The largest absolute Gasteiger partial charge is 0.457 e. The fourth-order valence-electron chi connectivity index (χ4n) is 3.27. The Balaban J connectivity index is 1.52. The summed E-state index contributed by atoms with van der Waals surface area (Å²) >= 11 is 2.22. The minimum absolute atomic E-state index is 0.157. The molecule has 4 aromatic carbocycles. The molecule has 0 fully saturated rings. The van der Waals surface area contributed by atoms with Crippen molar-refractivity contribution in [2.75, 3.05) is 0 Å². The lowest BCUT2D eigenvalue weighted by Gasteiger charge is -2.10. The number of carbonyl (C=O) groups is 2. The van der Waals surface area contributed by atoms with Crippen LogP contribution in [0.5, 0.6) is 0 Å². The van der Waals surface area contributed by atoms with E-state index in [9.17, 15) is 9.59 Å². The molecule has 0 bridgehead atoms. The number of ether oxygens (including phenoxy) is 1. The monoisotopic (exact) mass is 518 g/mol. The summed E-state index contributed by atoms with van der Waals surface area (Å²) in [5.74, 6) is -0.718. The van der Waals surface area contributed by atoms with Crippen molar-refractivity contribution in [2.24, 2.45) is 0 Å². The van der Waals surface area contributed by atoms with Gasteiger partial charge in [-0.2, -0.15) is 0 Å². The summed E-state index contributed by atoms with van der Waals surface area (Å²) in [6, 6.07) is 31.9. The molecule has 0 aromatic heterocycles. The van der Waals surface area contributed by atoms with Crippen LogP contribution in [0.4, 0.5) is 0 Å². The highest BCUT2D eigenvalue weighted by molar-refractivity contribution is 14.1. The summed E-state index contributed by atoms with van der Waals surface area (Å²) < 4.78 is 6.58. The van der Waals surface area contributed by atoms with Gasteiger partial charge < -0.3 is 4.74 Å². The molecule has 0 aliphatic heterocycles. The molecule has 0 aliphatic rings. The predicted octanol–water partition coefficient (Wildman–Crippen LogP) is 6.55. The second kappa shape index (κ2) is 9.71. The van der Waals surface area contributed by atoms with Crippen molar-refractivity contribution in [3.05, 3.63) is 129 Å². The number of ketones is 1. The molecule has 0 unspecified atom stereocenters. The van der Waals surface area contributed by atoms with Gasteiger partial charge in [-0.1, -0.05) is 84.9 Å². The van der Waals surface area contributed by atoms with Gasteiger partial charge in [0.25, 0.3) is 0 Å². The van der Waals surface area contributed by atoms with Gasteiger partial charge in [0.1, 0.15) is 6.61 Å². The lowest BCUT2D eigenvalue weighted by Crippen LogP contribution is -2.12. The number of hydrogen-bond donors (Lipinski definition) is 0. The average Bonchev–Trinajstić information content (AvgIpc) is 2.84. The second-order valence-corrected chi connectivity index (χ2v) is 8.27. The summed E-state index contributed by atoms with van der Waals surface area (Å²) in [4.78, 5) is 25.8. The third-order valence-corrected chi connectivity index (χ3v) is 5.65. The maximum absolute atomic E-state index is 13.1. The minimum atomic E-state index is -0.511. The van der Waals surface area contributed by atoms with E-state index in [-0.39, 0.29) is 18.0 Å². The van der Waals surface area contributed by atoms with E-state index in [4.69, 9.17) is 4.74 Å². The first kappa shape index (κ1) is 21.0. The number of benzene rings is 4. The van der Waals surface area contributed by atoms with Crippen LogP contribution in [0.3, 0.4) is 0 Å². The van der Waals surface area contributed by atoms with Gasteiger partial charge in [0.05, 0.1) is 5.56 Å². The van der Waals surface area contributed by atoms with Crippen LogP contribution in [0.15, 0.2) is 103 Å². The zero-order valence-electron chi connectivity index (χ0n) is 16.6. The number of esters is 1. The Labute approximate surface area is 194 Å². The molecule has 4 aromatic rings. The second-order valence-electron chi connectivity index (χ2n) is 7.02. The molecule has 4 heteroatoms. The predicted molar refractivity (Wildman–Crippen MR) is 130 cm³/mol. The molecule has 0 atom stereocenters. The zero-order chi connectivity index (χ0) is 21.6. The van der Waals surface area contributed by atoms with Crippen molar-refractivity contribution >= 4 is 34.3 Å². The highest BCUT2D eigenvalue weighted by Gasteiger charge is 2.19. The first-order valence-electron chi connectivity index (χ1n) is 9.82. The van der Waals surface area contributed by atoms with Crippen LogP contribution < -0.4 is 0 Å². The smallest absolute Gasteiger partial charge is 0.339 e. The van der Waals surface area contributed by atoms with Crippen LogP contribution in [0.2, 0.25) is 0 Å². The first-order chi connectivity index (χ1) is 15.1. The van der Waals surface area contributed by atoms with E-state index in [0.29, 0.717) is 11.1 Å². The van der Waals surface area contributed by atoms with Crippen LogP contribution in [-0.2, 0) is 11.3 Å². The highest BCUT2D eigenvalue weighted by Crippen LogP contribution is 2.22. The molecule has 0 aliphatic carbocycles. The van der Waals surface area contributed by atoms with Gasteiger partial charge in [0.15, 0.2) is 5.78 Å². The standard InChI is InChI=1S/C27H19IO3/c28-23-16-10-19(11-17-23)18-31-27(30)25-9-5-4-8-24(25)26(29)22-14-12-21(13-15-22)20-6-2-1-3-7-20/h1-17H,18H2. The van der Waals surface area contributed by atoms with Gasteiger partial charge in [-0.3, -0.25) is 4.79 Å². The maximum atomic E-state index is 13.1. The van der Waals surface area contributed by atoms with Crippen molar-refractivity contribution in [3.63, 3.8) is 0 Å². The molecule has 0 saturated heterocycles. The molecule has 31 heavy (non-hydrogen) atoms. The Morgan fingerprint density at radius 3 is 1.90 bits per heavy atom. The molecule has 3 nitrogen and oxygen atoms in total. The van der Waals surface area contributed by atoms with Gasteiger partial charge in [0, 0.05) is 14.7 Å². The van der Waals surface area contributed by atoms with E-state index in [0.717, 1.165) is 20.3 Å². The van der Waals surface area contributed by atoms with Crippen molar-refractivity contribution < 1.29 is 14.3 Å². The highest BCUT2D eigenvalue weighted by atomic mass is 127. The van der Waals surface area contributed by atoms with Crippen LogP contribution in [0, 0.1) is 3.57 Å². The molecule has 4 rings (SSSR count). The van der Waals surface area contributed by atoms with E-state index < -0.39 is 5.97 Å². The lowest BCUT2D eigenvalue weighted by molar-refractivity contribution is 0.0470. The fourth-order valence-corrected chi connectivity index (χ4v) is 3.63. The number of rotatable bonds is 6. The Morgan fingerprint density at radius 2 is 1.23 bits per heavy atom. The molecule has 152 valence electrons. The number of hydrogen-bond acceptors (Lipinski definition) is 3. The molecule has 0 N–H and O–H groups in total. The Bertz CT molecular complexity index is 1200. The van der Waals surface area contributed by atoms with E-state index >= 15 is 0 Å². The lowest BCUT2D eigenvalue weighted by atomic mass is 9.96. The first-order valence-corrected chi connectivity index (χ1v) is 10.9.